The predicted octanol–water partition coefficient (Wildman–Crippen LogP) is 0.681. The molecule has 4 rings (SSSR count). The quantitative estimate of drug-likeness (QED) is 0.0736. The second-order valence-electron chi connectivity index (χ2n) is 9.10. The predicted molar refractivity (Wildman–Crippen MR) is 157 cm³/mol. The average Bonchev–Trinajstić information content (AvgIpc) is 2.91. The Morgan fingerprint density at radius 3 is 1.22 bits per heavy atom. The van der Waals surface area contributed by atoms with Crippen LogP contribution in [0.4, 0.5) is 11.4 Å². The van der Waals surface area contributed by atoms with E-state index in [0.29, 0.717) is 0 Å². The van der Waals surface area contributed by atoms with Crippen molar-refractivity contribution in [1.29, 1.82) is 0 Å². The van der Waals surface area contributed by atoms with Crippen LogP contribution in [0.1, 0.15) is 31.8 Å². The Labute approximate surface area is 278 Å². The molecular weight excluding hydrogens is 643 g/mol. The van der Waals surface area contributed by atoms with Crippen LogP contribution in [-0.2, 0) is 20.2 Å². The molecule has 0 bridgehead atoms. The SMILES string of the molecule is O=C(Nc1ccc(/C=C/c2ccc(NC(=O)c3ccc(O)cc3O)cc2S(=O)(=O)O)c(S(=O)(=O)O)c1)c1ccc(O)cc1O.[Na+]. The summed E-state index contributed by atoms with van der Waals surface area (Å²) in [5.41, 5.74) is -0.995. The Morgan fingerprint density at radius 2 is 0.911 bits per heavy atom. The fourth-order valence-corrected chi connectivity index (χ4v) is 5.37. The molecule has 0 fully saturated rings. The summed E-state index contributed by atoms with van der Waals surface area (Å²) in [6.45, 7) is 0. The zero-order valence-corrected chi connectivity index (χ0v) is 26.7. The molecule has 0 spiro atoms. The van der Waals surface area contributed by atoms with Gasteiger partial charge in [-0.05, 0) is 59.7 Å². The van der Waals surface area contributed by atoms with E-state index in [1.54, 1.807) is 0 Å². The molecule has 0 saturated carbocycles. The Bertz CT molecular complexity index is 1920. The molecule has 14 nitrogen and oxygen atoms in total. The van der Waals surface area contributed by atoms with E-state index in [4.69, 9.17) is 0 Å². The maximum absolute atomic E-state index is 12.5. The fourth-order valence-electron chi connectivity index (χ4n) is 3.95. The van der Waals surface area contributed by atoms with Crippen LogP contribution in [0.5, 0.6) is 23.0 Å². The van der Waals surface area contributed by atoms with E-state index < -0.39 is 53.3 Å². The Kier molecular flexibility index (Phi) is 10.7. The third-order valence-electron chi connectivity index (χ3n) is 5.99. The summed E-state index contributed by atoms with van der Waals surface area (Å²) in [5.74, 6) is -3.41. The monoisotopic (exact) mass is 665 g/mol. The van der Waals surface area contributed by atoms with Crippen molar-refractivity contribution in [1.82, 2.24) is 0 Å². The summed E-state index contributed by atoms with van der Waals surface area (Å²) in [4.78, 5) is 23.7. The summed E-state index contributed by atoms with van der Waals surface area (Å²) in [7, 11) is -9.80. The molecule has 0 heterocycles. The van der Waals surface area contributed by atoms with Crippen LogP contribution in [0.25, 0.3) is 12.2 Å². The van der Waals surface area contributed by atoms with Gasteiger partial charge in [-0.3, -0.25) is 18.7 Å². The largest absolute Gasteiger partial charge is 1.00 e. The Hall–Kier alpha value is -4.42. The number of rotatable bonds is 8. The van der Waals surface area contributed by atoms with Crippen molar-refractivity contribution in [3.8, 4) is 23.0 Å². The van der Waals surface area contributed by atoms with Crippen molar-refractivity contribution >= 4 is 55.6 Å². The number of phenolic OH excluding ortho intramolecular Hbond substituents is 4. The molecule has 0 aliphatic rings. The first-order valence-corrected chi connectivity index (χ1v) is 15.0. The van der Waals surface area contributed by atoms with Crippen molar-refractivity contribution in [3.63, 3.8) is 0 Å². The van der Waals surface area contributed by atoms with E-state index in [0.717, 1.165) is 60.7 Å². The number of aromatic hydroxyl groups is 4. The third-order valence-corrected chi connectivity index (χ3v) is 7.81. The number of benzene rings is 4. The summed E-state index contributed by atoms with van der Waals surface area (Å²) in [6, 6.07) is 13.1. The number of hydrogen-bond donors (Lipinski definition) is 8. The van der Waals surface area contributed by atoms with E-state index in [1.165, 1.54) is 24.3 Å². The van der Waals surface area contributed by atoms with Gasteiger partial charge in [0.05, 0.1) is 11.1 Å². The topological polar surface area (TPSA) is 248 Å². The van der Waals surface area contributed by atoms with Crippen molar-refractivity contribution in [3.05, 3.63) is 95.1 Å². The van der Waals surface area contributed by atoms with E-state index in [1.807, 2.05) is 0 Å². The zero-order chi connectivity index (χ0) is 32.4. The third kappa shape index (κ3) is 8.61. The number of amides is 2. The molecule has 0 aliphatic heterocycles. The number of phenols is 4. The average molecular weight is 666 g/mol. The first kappa shape index (κ1) is 35.1. The summed E-state index contributed by atoms with van der Waals surface area (Å²) < 4.78 is 68.1. The first-order valence-electron chi connectivity index (χ1n) is 12.1. The summed E-state index contributed by atoms with van der Waals surface area (Å²) in [6.07, 6.45) is 2.22. The molecule has 228 valence electrons. The van der Waals surface area contributed by atoms with Crippen molar-refractivity contribution in [2.24, 2.45) is 0 Å². The minimum Gasteiger partial charge on any atom is -0.508 e. The minimum absolute atomic E-state index is 0. The van der Waals surface area contributed by atoms with Crippen LogP contribution >= 0.6 is 0 Å². The minimum atomic E-state index is -4.90. The van der Waals surface area contributed by atoms with Gasteiger partial charge < -0.3 is 31.1 Å². The van der Waals surface area contributed by atoms with Crippen LogP contribution in [0.2, 0.25) is 0 Å². The van der Waals surface area contributed by atoms with E-state index >= 15 is 0 Å². The molecule has 0 radical (unpaired) electrons. The molecular formula is C28H22N2NaO12S2+. The van der Waals surface area contributed by atoms with E-state index in [9.17, 15) is 56.0 Å². The molecule has 45 heavy (non-hydrogen) atoms. The Balaban J connectivity index is 0.00000552. The molecule has 4 aromatic carbocycles. The maximum atomic E-state index is 12.5. The summed E-state index contributed by atoms with van der Waals surface area (Å²) >= 11 is 0. The van der Waals surface area contributed by atoms with Crippen molar-refractivity contribution in [2.45, 2.75) is 9.79 Å². The van der Waals surface area contributed by atoms with Gasteiger partial charge in [0.15, 0.2) is 0 Å². The van der Waals surface area contributed by atoms with Crippen LogP contribution in [0.15, 0.2) is 82.6 Å². The smallest absolute Gasteiger partial charge is 0.508 e. The van der Waals surface area contributed by atoms with Crippen LogP contribution in [0.3, 0.4) is 0 Å². The van der Waals surface area contributed by atoms with Gasteiger partial charge in [0.1, 0.15) is 32.8 Å². The number of carbonyl (C=O) groups is 2. The normalized spacial score (nSPS) is 11.5. The van der Waals surface area contributed by atoms with Crippen molar-refractivity contribution in [2.75, 3.05) is 10.6 Å². The molecule has 8 N–H and O–H groups in total. The zero-order valence-electron chi connectivity index (χ0n) is 23.0. The van der Waals surface area contributed by atoms with E-state index in [-0.39, 0.29) is 74.7 Å². The molecule has 0 saturated heterocycles. The van der Waals surface area contributed by atoms with Gasteiger partial charge in [-0.2, -0.15) is 16.8 Å². The second-order valence-corrected chi connectivity index (χ2v) is 11.9. The molecule has 4 aromatic rings. The standard InChI is InChI=1S/C28H22N2O12S2.Na/c31-19-7-9-21(23(33)13-19)27(35)29-17-5-3-15(25(11-17)43(37,38)39)1-2-16-4-6-18(12-26(16)44(40,41)42)30-28(36)22-10-8-20(32)14-24(22)34;/h1-14,31-34H,(H,29,35)(H,30,36)(H,37,38,39)(H,40,41,42);/q;+1/b2-1+;. The van der Waals surface area contributed by atoms with Crippen LogP contribution in [-0.4, -0.2) is 58.2 Å². The van der Waals surface area contributed by atoms with Crippen LogP contribution in [0, 0.1) is 0 Å². The fraction of sp³-hybridized carbons (Fsp3) is 0. The first-order chi connectivity index (χ1) is 20.5. The van der Waals surface area contributed by atoms with Gasteiger partial charge in [-0.25, -0.2) is 0 Å². The molecule has 0 unspecified atom stereocenters. The van der Waals surface area contributed by atoms with Gasteiger partial charge in [-0.1, -0.05) is 24.3 Å². The van der Waals surface area contributed by atoms with Gasteiger partial charge in [0.2, 0.25) is 0 Å². The molecule has 0 aromatic heterocycles. The van der Waals surface area contributed by atoms with Gasteiger partial charge in [-0.15, -0.1) is 0 Å². The molecule has 0 atom stereocenters. The summed E-state index contributed by atoms with van der Waals surface area (Å²) in [5, 5.41) is 43.3. The van der Waals surface area contributed by atoms with Gasteiger partial charge >= 0.3 is 29.6 Å². The number of carbonyl (C=O) groups excluding carboxylic acids is 2. The number of anilines is 2. The van der Waals surface area contributed by atoms with E-state index in [2.05, 4.69) is 10.6 Å². The number of hydrogen-bond acceptors (Lipinski definition) is 10. The second kappa shape index (κ2) is 13.7. The maximum Gasteiger partial charge on any atom is 1.00 e. The van der Waals surface area contributed by atoms with Crippen molar-refractivity contribution < 1.29 is 85.5 Å². The molecule has 2 amide bonds. The Morgan fingerprint density at radius 1 is 0.556 bits per heavy atom. The number of nitrogens with one attached hydrogen (secondary N) is 2. The van der Waals surface area contributed by atoms with Gasteiger partial charge in [0, 0.05) is 23.5 Å². The molecule has 0 aliphatic carbocycles. The molecule has 17 heteroatoms. The van der Waals surface area contributed by atoms with Crippen LogP contribution < -0.4 is 40.2 Å². The van der Waals surface area contributed by atoms with Gasteiger partial charge in [0.25, 0.3) is 32.1 Å².